The number of unbranched alkanes of at least 4 members (excludes halogenated alkanes) is 25. The molecule has 434 valence electrons. The highest BCUT2D eigenvalue weighted by Crippen LogP contribution is 2.21. The lowest BCUT2D eigenvalue weighted by atomic mass is 9.99. The highest BCUT2D eigenvalue weighted by molar-refractivity contribution is 5.76. The van der Waals surface area contributed by atoms with Crippen molar-refractivity contribution < 1.29 is 67.4 Å². The number of rotatable bonds is 51. The number of likely N-dealkylation sites (N-methyl/N-ethyl adjacent to an activating group) is 2. The first-order valence-corrected chi connectivity index (χ1v) is 29.7. The Balaban J connectivity index is 4.04. The Labute approximate surface area is 450 Å². The number of hydroxylamine groups is 6. The number of nitrogens with zero attached hydrogens (tertiary/aromatic N) is 2. The normalized spacial score (nSPS) is 13.4. The monoisotopic (exact) mass is 1060 g/mol. The second kappa shape index (κ2) is 45.8. The van der Waals surface area contributed by atoms with E-state index in [-0.39, 0.29) is 34.2 Å². The summed E-state index contributed by atoms with van der Waals surface area (Å²) in [5.41, 5.74) is 0. The van der Waals surface area contributed by atoms with Crippen molar-refractivity contribution in [2.24, 2.45) is 0 Å². The third-order valence-corrected chi connectivity index (χ3v) is 13.4. The Morgan fingerprint density at radius 3 is 0.973 bits per heavy atom. The van der Waals surface area contributed by atoms with Crippen molar-refractivity contribution >= 4 is 35.7 Å². The number of hydrogen-bond acceptors (Lipinski definition) is 12. The second-order valence-corrected chi connectivity index (χ2v) is 22.1. The van der Waals surface area contributed by atoms with Crippen LogP contribution in [-0.4, -0.2) is 134 Å². The molecule has 0 rings (SSSR count). The van der Waals surface area contributed by atoms with Crippen LogP contribution in [0.3, 0.4) is 0 Å². The zero-order valence-corrected chi connectivity index (χ0v) is 48.5. The van der Waals surface area contributed by atoms with E-state index < -0.39 is 48.3 Å². The fourth-order valence-corrected chi connectivity index (χ4v) is 9.36. The first kappa shape index (κ1) is 70.7. The Morgan fingerprint density at radius 2 is 0.662 bits per heavy atom. The number of aliphatic hydroxyl groups is 2. The average Bonchev–Trinajstić information content (AvgIpc) is 3.31. The Kier molecular flexibility index (Phi) is 43.7. The van der Waals surface area contributed by atoms with Crippen molar-refractivity contribution in [3.63, 3.8) is 0 Å². The van der Waals surface area contributed by atoms with Crippen LogP contribution in [-0.2, 0) is 47.9 Å². The number of hydrogen-bond donors (Lipinski definition) is 4. The quantitative estimate of drug-likeness (QED) is 0.0194. The van der Waals surface area contributed by atoms with Gasteiger partial charge < -0.3 is 30.3 Å². The van der Waals surface area contributed by atoms with Crippen LogP contribution >= 0.6 is 0 Å². The summed E-state index contributed by atoms with van der Waals surface area (Å²) < 4.78 is 11.0. The molecule has 0 fully saturated rings. The molecule has 16 heteroatoms. The summed E-state index contributed by atoms with van der Waals surface area (Å²) in [6.45, 7) is 8.15. The largest absolute Gasteiger partial charge is 0.455 e. The van der Waals surface area contributed by atoms with Crippen molar-refractivity contribution in [1.82, 2.24) is 10.6 Å². The number of amides is 2. The van der Waals surface area contributed by atoms with Gasteiger partial charge in [-0.3, -0.25) is 19.3 Å². The fraction of sp³-hybridized carbons (Fsp3) is 0.897. The fourth-order valence-electron chi connectivity index (χ4n) is 9.36. The lowest BCUT2D eigenvalue weighted by Gasteiger charge is -2.27. The van der Waals surface area contributed by atoms with Gasteiger partial charge in [0.2, 0.25) is 24.9 Å². The topological polar surface area (TPSA) is 204 Å². The van der Waals surface area contributed by atoms with Gasteiger partial charge in [0.05, 0.1) is 12.2 Å². The molecule has 0 aliphatic carbocycles. The van der Waals surface area contributed by atoms with Gasteiger partial charge in [0, 0.05) is 39.8 Å². The summed E-state index contributed by atoms with van der Waals surface area (Å²) >= 11 is 0. The summed E-state index contributed by atoms with van der Waals surface area (Å²) in [4.78, 5) is 83.5. The minimum absolute atomic E-state index is 0.109. The average molecular weight is 1060 g/mol. The predicted molar refractivity (Wildman–Crippen MR) is 293 cm³/mol. The molecule has 0 spiro atoms. The molecule has 4 unspecified atom stereocenters. The Morgan fingerprint density at radius 1 is 0.392 bits per heavy atom. The lowest BCUT2D eigenvalue weighted by molar-refractivity contribution is -1.05. The third-order valence-electron chi connectivity index (χ3n) is 13.4. The van der Waals surface area contributed by atoms with E-state index in [1.165, 1.54) is 65.2 Å². The molecule has 16 nitrogen and oxygen atoms in total. The van der Waals surface area contributed by atoms with E-state index in [4.69, 9.17) is 19.1 Å². The van der Waals surface area contributed by atoms with Crippen LogP contribution in [0.1, 0.15) is 259 Å². The number of esters is 2. The highest BCUT2D eigenvalue weighted by Gasteiger charge is 2.31. The van der Waals surface area contributed by atoms with E-state index in [9.17, 15) is 39.0 Å². The van der Waals surface area contributed by atoms with E-state index >= 15 is 0 Å². The van der Waals surface area contributed by atoms with Crippen LogP contribution in [0, 0.1) is 0 Å². The highest BCUT2D eigenvalue weighted by atomic mass is 16.7. The molecule has 0 bridgehead atoms. The molecule has 4 atom stereocenters. The maximum absolute atomic E-state index is 12.7. The molecular formula is C58H112N4O12+2. The van der Waals surface area contributed by atoms with Crippen molar-refractivity contribution in [3.8, 4) is 0 Å². The van der Waals surface area contributed by atoms with E-state index in [0.717, 1.165) is 141 Å². The number of carbonyl (C=O) groups is 6. The molecule has 0 heterocycles. The molecule has 74 heavy (non-hydrogen) atoms. The number of carbonyl (C=O) groups excluding carboxylic acids is 6. The van der Waals surface area contributed by atoms with Gasteiger partial charge in [-0.05, 0) is 64.2 Å². The van der Waals surface area contributed by atoms with Crippen molar-refractivity contribution in [1.29, 1.82) is 0 Å². The SMILES string of the molecule is CCCCCCCCC(OC(=O)C[N+](C)(C)OC(C)=O)C(O)CCCCCCCC(=O)NCCCCCCCCCCNC(=O)CCCCCCCC(O)C(CCCCCCCC)OC(=O)C[N+](C)(C)OC(C)=O. The van der Waals surface area contributed by atoms with Crippen LogP contribution < -0.4 is 10.6 Å². The number of nitrogens with one attached hydrogen (secondary N) is 2. The molecule has 0 aliphatic rings. The maximum atomic E-state index is 12.7. The molecular weight excluding hydrogens is 945 g/mol. The standard InChI is InChI=1S/C58H110N4O12/c1-9-11-13-15-25-33-41-53(71-57(69)47-61(5,6)73-49(3)63)51(65)39-31-23-21-27-35-43-55(67)59-45-37-29-19-17-18-20-30-38-46-60-56(68)44-36-28-22-24-32-40-52(66)54(42-34-26-16-14-12-10-2)72-58(70)48-62(7,8)74-50(4)64/h51-54,65-66H,9-48H2,1-8H3/p+2. The minimum atomic E-state index is -0.748. The van der Waals surface area contributed by atoms with Gasteiger partial charge in [-0.15, -0.1) is 9.29 Å². The predicted octanol–water partition coefficient (Wildman–Crippen LogP) is 11.0. The molecule has 4 N–H and O–H groups in total. The second-order valence-electron chi connectivity index (χ2n) is 22.1. The van der Waals surface area contributed by atoms with Crippen LogP contribution in [0.15, 0.2) is 0 Å². The molecule has 0 aromatic heterocycles. The number of ether oxygens (including phenoxy) is 2. The van der Waals surface area contributed by atoms with Crippen LogP contribution in [0.4, 0.5) is 0 Å². The van der Waals surface area contributed by atoms with Crippen molar-refractivity contribution in [3.05, 3.63) is 0 Å². The molecule has 0 saturated carbocycles. The molecule has 2 amide bonds. The van der Waals surface area contributed by atoms with Crippen LogP contribution in [0.25, 0.3) is 0 Å². The lowest BCUT2D eigenvalue weighted by Crippen LogP contribution is -2.46. The number of aliphatic hydroxyl groups excluding tert-OH is 2. The van der Waals surface area contributed by atoms with Gasteiger partial charge in [0.15, 0.2) is 0 Å². The number of quaternary nitrogens is 2. The van der Waals surface area contributed by atoms with E-state index in [2.05, 4.69) is 24.5 Å². The van der Waals surface area contributed by atoms with Gasteiger partial charge in [-0.1, -0.05) is 168 Å². The van der Waals surface area contributed by atoms with E-state index in [1.807, 2.05) is 0 Å². The zero-order chi connectivity index (χ0) is 55.3. The van der Waals surface area contributed by atoms with Crippen LogP contribution in [0.5, 0.6) is 0 Å². The van der Waals surface area contributed by atoms with Gasteiger partial charge in [0.1, 0.15) is 40.4 Å². The minimum Gasteiger partial charge on any atom is -0.455 e. The smallest absolute Gasteiger partial charge is 0.366 e. The zero-order valence-electron chi connectivity index (χ0n) is 48.5. The summed E-state index contributed by atoms with van der Waals surface area (Å²) in [6, 6.07) is 0. The van der Waals surface area contributed by atoms with Gasteiger partial charge in [0.25, 0.3) is 0 Å². The molecule has 0 radical (unpaired) electrons. The summed E-state index contributed by atoms with van der Waals surface area (Å²) in [6.07, 6.45) is 31.9. The molecule has 0 aliphatic heterocycles. The first-order valence-electron chi connectivity index (χ1n) is 29.7. The Bertz CT molecular complexity index is 1360. The third kappa shape index (κ3) is 44.9. The maximum Gasteiger partial charge on any atom is 0.366 e. The molecule has 0 saturated heterocycles. The summed E-state index contributed by atoms with van der Waals surface area (Å²) in [7, 11) is 6.48. The summed E-state index contributed by atoms with van der Waals surface area (Å²) in [5.74, 6) is -1.73. The Hall–Kier alpha value is -3.34. The molecule has 0 aromatic carbocycles. The van der Waals surface area contributed by atoms with Gasteiger partial charge in [-0.25, -0.2) is 19.2 Å². The van der Waals surface area contributed by atoms with Gasteiger partial charge >= 0.3 is 23.9 Å². The molecule has 0 aromatic rings. The van der Waals surface area contributed by atoms with Crippen LogP contribution in [0.2, 0.25) is 0 Å². The van der Waals surface area contributed by atoms with Gasteiger partial charge in [-0.2, -0.15) is 0 Å². The van der Waals surface area contributed by atoms with Crippen molar-refractivity contribution in [2.45, 2.75) is 283 Å². The van der Waals surface area contributed by atoms with Crippen molar-refractivity contribution in [2.75, 3.05) is 54.4 Å². The van der Waals surface area contributed by atoms with E-state index in [1.54, 1.807) is 28.2 Å². The van der Waals surface area contributed by atoms with E-state index in [0.29, 0.717) is 51.6 Å². The first-order chi connectivity index (χ1) is 35.3. The summed E-state index contributed by atoms with van der Waals surface area (Å²) in [5, 5.41) is 28.1.